The van der Waals surface area contributed by atoms with E-state index in [-0.39, 0.29) is 23.6 Å². The van der Waals surface area contributed by atoms with Gasteiger partial charge in [-0.3, -0.25) is 0 Å². The number of nitrogens with one attached hydrogen (secondary N) is 2. The summed E-state index contributed by atoms with van der Waals surface area (Å²) >= 11 is 0. The maximum atomic E-state index is 13.5. The van der Waals surface area contributed by atoms with Crippen molar-refractivity contribution in [2.24, 2.45) is 5.10 Å². The van der Waals surface area contributed by atoms with Crippen LogP contribution in [-0.4, -0.2) is 42.8 Å². The summed E-state index contributed by atoms with van der Waals surface area (Å²) in [4.78, 5) is 23.2. The number of aliphatic hydroxyl groups excluding tert-OH is 1. The van der Waals surface area contributed by atoms with E-state index in [1.165, 1.54) is 13.8 Å². The van der Waals surface area contributed by atoms with Gasteiger partial charge in [-0.25, -0.2) is 15.0 Å². The Morgan fingerprint density at radius 2 is 1.93 bits per heavy atom. The minimum Gasteiger partial charge on any atom is -0.465 e. The lowest BCUT2D eigenvalue weighted by Crippen LogP contribution is -2.23. The van der Waals surface area contributed by atoms with Gasteiger partial charge in [0.2, 0.25) is 0 Å². The molecule has 0 aromatic heterocycles. The van der Waals surface area contributed by atoms with Crippen LogP contribution >= 0.6 is 0 Å². The third-order valence-electron chi connectivity index (χ3n) is 3.21. The molecule has 0 aliphatic heterocycles. The Morgan fingerprint density at radius 3 is 2.41 bits per heavy atom. The summed E-state index contributed by atoms with van der Waals surface area (Å²) in [6, 6.07) is 1.59. The van der Waals surface area contributed by atoms with Crippen LogP contribution in [0.25, 0.3) is 0 Å². The van der Waals surface area contributed by atoms with Crippen LogP contribution in [-0.2, 0) is 15.7 Å². The van der Waals surface area contributed by atoms with E-state index in [2.05, 4.69) is 19.9 Å². The smallest absolute Gasteiger partial charge is 0.427 e. The summed E-state index contributed by atoms with van der Waals surface area (Å²) < 4.78 is 49.6. The third-order valence-corrected chi connectivity index (χ3v) is 3.21. The predicted octanol–water partition coefficient (Wildman–Crippen LogP) is 2.71. The highest BCUT2D eigenvalue weighted by atomic mass is 19.4. The number of amides is 1. The summed E-state index contributed by atoms with van der Waals surface area (Å²) in [5.74, 6) is -0.917. The molecule has 0 aliphatic carbocycles. The zero-order valence-corrected chi connectivity index (χ0v) is 15.1. The van der Waals surface area contributed by atoms with E-state index in [1.54, 1.807) is 6.92 Å². The van der Waals surface area contributed by atoms with E-state index >= 15 is 0 Å². The van der Waals surface area contributed by atoms with Gasteiger partial charge in [-0.2, -0.15) is 18.3 Å². The van der Waals surface area contributed by atoms with E-state index in [9.17, 15) is 27.9 Å². The molecule has 0 saturated heterocycles. The third kappa shape index (κ3) is 6.13. The number of hydrogen-bond acceptors (Lipinski definition) is 7. The molecule has 27 heavy (non-hydrogen) atoms. The first-order valence-electron chi connectivity index (χ1n) is 7.76. The lowest BCUT2D eigenvalue weighted by Gasteiger charge is -2.19. The van der Waals surface area contributed by atoms with E-state index in [4.69, 9.17) is 0 Å². The number of nitrogens with zero attached hydrogens (tertiary/aromatic N) is 1. The Morgan fingerprint density at radius 1 is 1.30 bits per heavy atom. The number of benzene rings is 1. The van der Waals surface area contributed by atoms with Gasteiger partial charge >= 0.3 is 18.2 Å². The number of esters is 1. The Kier molecular flexibility index (Phi) is 7.58. The zero-order chi connectivity index (χ0) is 20.8. The van der Waals surface area contributed by atoms with Gasteiger partial charge in [-0.1, -0.05) is 0 Å². The van der Waals surface area contributed by atoms with Crippen molar-refractivity contribution in [3.05, 3.63) is 28.8 Å². The Hall–Kier alpha value is -2.82. The zero-order valence-electron chi connectivity index (χ0n) is 15.1. The summed E-state index contributed by atoms with van der Waals surface area (Å²) in [6.07, 6.45) is -6.95. The lowest BCUT2D eigenvalue weighted by atomic mass is 9.98. The Balaban J connectivity index is 3.53. The molecule has 0 saturated carbocycles. The molecule has 0 spiro atoms. The number of alkyl halides is 3. The van der Waals surface area contributed by atoms with Crippen molar-refractivity contribution >= 4 is 23.5 Å². The molecule has 0 heterocycles. The molecule has 1 rings (SSSR count). The molecular formula is C16H20F3N3O5. The van der Waals surface area contributed by atoms with Gasteiger partial charge < -0.3 is 19.9 Å². The molecule has 8 nitrogen and oxygen atoms in total. The minimum atomic E-state index is -4.79. The van der Waals surface area contributed by atoms with Crippen LogP contribution < -0.4 is 10.7 Å². The highest BCUT2D eigenvalue weighted by molar-refractivity contribution is 6.05. The second kappa shape index (κ2) is 9.21. The fourth-order valence-electron chi connectivity index (χ4n) is 2.11. The molecule has 0 bridgehead atoms. The first kappa shape index (κ1) is 22.2. The maximum Gasteiger partial charge on any atom is 0.427 e. The van der Waals surface area contributed by atoms with Crippen molar-refractivity contribution < 1.29 is 37.3 Å². The van der Waals surface area contributed by atoms with Crippen LogP contribution in [0.5, 0.6) is 0 Å². The molecule has 0 fully saturated rings. The molecule has 1 aromatic rings. The van der Waals surface area contributed by atoms with Crippen LogP contribution in [0, 0.1) is 0 Å². The molecule has 0 radical (unpaired) electrons. The van der Waals surface area contributed by atoms with Crippen molar-refractivity contribution in [1.82, 2.24) is 5.43 Å². The van der Waals surface area contributed by atoms with Crippen LogP contribution in [0.4, 0.5) is 23.7 Å². The topological polar surface area (TPSA) is 109 Å². The highest BCUT2D eigenvalue weighted by Gasteiger charge is 2.36. The monoisotopic (exact) mass is 391 g/mol. The number of carbonyl (C=O) groups is 2. The number of hydrogen-bond donors (Lipinski definition) is 3. The molecule has 1 amide bonds. The fraction of sp³-hybridized carbons (Fsp3) is 0.438. The fourth-order valence-corrected chi connectivity index (χ4v) is 2.11. The van der Waals surface area contributed by atoms with Crippen LogP contribution in [0.15, 0.2) is 17.2 Å². The number of ether oxygens (including phenoxy) is 2. The van der Waals surface area contributed by atoms with Crippen molar-refractivity contribution in [2.75, 3.05) is 19.0 Å². The number of aliphatic hydroxyl groups is 1. The molecule has 11 heteroatoms. The number of methoxy groups -OCH3 is 1. The Bertz CT molecular complexity index is 733. The standard InChI is InChI=1S/C16H20F3N3O5/c1-5-27-15(25)22-21-8(2)10-6-11(14(24)26-4)13(20-9(3)23)7-12(10)16(17,18)19/h6-7,9,20,23H,5H2,1-4H3,(H,22,25)/b21-8+. The quantitative estimate of drug-likeness (QED) is 0.298. The van der Waals surface area contributed by atoms with Gasteiger partial charge in [-0.15, -0.1) is 0 Å². The molecule has 150 valence electrons. The van der Waals surface area contributed by atoms with E-state index in [0.29, 0.717) is 6.07 Å². The second-order valence-electron chi connectivity index (χ2n) is 5.28. The van der Waals surface area contributed by atoms with Gasteiger partial charge in [0.05, 0.1) is 36.2 Å². The molecule has 1 atom stereocenters. The molecule has 1 aromatic carbocycles. The minimum absolute atomic E-state index is 0.0560. The SMILES string of the molecule is CCOC(=O)N/N=C(\C)c1cc(C(=O)OC)c(NC(C)O)cc1C(F)(F)F. The van der Waals surface area contributed by atoms with Crippen LogP contribution in [0.2, 0.25) is 0 Å². The largest absolute Gasteiger partial charge is 0.465 e. The second-order valence-corrected chi connectivity index (χ2v) is 5.28. The first-order valence-corrected chi connectivity index (χ1v) is 7.76. The number of halogens is 3. The van der Waals surface area contributed by atoms with E-state index in [0.717, 1.165) is 13.2 Å². The molecule has 1 unspecified atom stereocenters. The average molecular weight is 391 g/mol. The van der Waals surface area contributed by atoms with E-state index in [1.807, 2.05) is 5.43 Å². The van der Waals surface area contributed by atoms with Crippen molar-refractivity contribution in [2.45, 2.75) is 33.2 Å². The predicted molar refractivity (Wildman–Crippen MR) is 90.5 cm³/mol. The highest BCUT2D eigenvalue weighted by Crippen LogP contribution is 2.36. The summed E-state index contributed by atoms with van der Waals surface area (Å²) in [6.45, 7) is 4.10. The van der Waals surface area contributed by atoms with Gasteiger partial charge in [-0.05, 0) is 32.9 Å². The van der Waals surface area contributed by atoms with Gasteiger partial charge in [0, 0.05) is 5.56 Å². The van der Waals surface area contributed by atoms with Gasteiger partial charge in [0.1, 0.15) is 6.23 Å². The summed E-state index contributed by atoms with van der Waals surface area (Å²) in [5, 5.41) is 15.4. The molecular weight excluding hydrogens is 371 g/mol. The number of carbonyl (C=O) groups excluding carboxylic acids is 2. The molecule has 0 aliphatic rings. The van der Waals surface area contributed by atoms with Crippen molar-refractivity contribution in [3.8, 4) is 0 Å². The number of rotatable bonds is 6. The van der Waals surface area contributed by atoms with Crippen LogP contribution in [0.1, 0.15) is 42.3 Å². The summed E-state index contributed by atoms with van der Waals surface area (Å²) in [5.41, 5.74) is -0.337. The summed E-state index contributed by atoms with van der Waals surface area (Å²) in [7, 11) is 1.06. The number of hydrazone groups is 1. The van der Waals surface area contributed by atoms with E-state index < -0.39 is 35.6 Å². The average Bonchev–Trinajstić information content (AvgIpc) is 2.57. The van der Waals surface area contributed by atoms with Gasteiger partial charge in [0.15, 0.2) is 0 Å². The normalized spacial score (nSPS) is 13.0. The van der Waals surface area contributed by atoms with Crippen molar-refractivity contribution in [1.29, 1.82) is 0 Å². The first-order chi connectivity index (χ1) is 12.5. The van der Waals surface area contributed by atoms with Gasteiger partial charge in [0.25, 0.3) is 0 Å². The Labute approximate surface area is 153 Å². The van der Waals surface area contributed by atoms with Crippen molar-refractivity contribution in [3.63, 3.8) is 0 Å². The molecule has 3 N–H and O–H groups in total. The maximum absolute atomic E-state index is 13.5. The lowest BCUT2D eigenvalue weighted by molar-refractivity contribution is -0.137. The van der Waals surface area contributed by atoms with Crippen LogP contribution in [0.3, 0.4) is 0 Å². The number of anilines is 1.